The Kier molecular flexibility index (Phi) is 1.71. The van der Waals surface area contributed by atoms with Crippen molar-refractivity contribution in [1.29, 1.82) is 5.26 Å². The Labute approximate surface area is 76.5 Å². The van der Waals surface area contributed by atoms with Gasteiger partial charge in [-0.15, -0.1) is 0 Å². The van der Waals surface area contributed by atoms with E-state index in [1.54, 1.807) is 0 Å². The van der Waals surface area contributed by atoms with Crippen molar-refractivity contribution >= 4 is 10.8 Å². The summed E-state index contributed by atoms with van der Waals surface area (Å²) in [6, 6.07) is 11.9. The maximum atomic E-state index is 8.85. The third kappa shape index (κ3) is 1.25. The molecule has 0 bridgehead atoms. The normalized spacial score (nSPS) is 9.85. The molecule has 2 nitrogen and oxygen atoms in total. The summed E-state index contributed by atoms with van der Waals surface area (Å²) in [4.78, 5) is 4.16. The van der Waals surface area contributed by atoms with Crippen LogP contribution in [0.1, 0.15) is 11.4 Å². The average molecular weight is 168 g/mol. The summed E-state index contributed by atoms with van der Waals surface area (Å²) >= 11 is 0. The lowest BCUT2D eigenvalue weighted by Crippen LogP contribution is -1.88. The molecule has 2 heteroatoms. The van der Waals surface area contributed by atoms with Crippen LogP contribution < -0.4 is 0 Å². The molecule has 0 aliphatic carbocycles. The molecule has 2 rings (SSSR count). The van der Waals surface area contributed by atoms with Crippen LogP contribution in [0.2, 0.25) is 0 Å². The zero-order chi connectivity index (χ0) is 9.26. The van der Waals surface area contributed by atoms with E-state index in [1.807, 2.05) is 37.3 Å². The van der Waals surface area contributed by atoms with Crippen LogP contribution in [-0.2, 0) is 0 Å². The van der Waals surface area contributed by atoms with Gasteiger partial charge in [0.2, 0.25) is 0 Å². The van der Waals surface area contributed by atoms with Gasteiger partial charge in [-0.3, -0.25) is 0 Å². The maximum absolute atomic E-state index is 8.85. The van der Waals surface area contributed by atoms with Crippen molar-refractivity contribution in [3.05, 3.63) is 41.7 Å². The molecule has 0 unspecified atom stereocenters. The zero-order valence-corrected chi connectivity index (χ0v) is 7.28. The molecule has 0 N–H and O–H groups in total. The van der Waals surface area contributed by atoms with Crippen molar-refractivity contribution in [2.45, 2.75) is 6.92 Å². The Morgan fingerprint density at radius 3 is 2.85 bits per heavy atom. The Morgan fingerprint density at radius 2 is 2.08 bits per heavy atom. The second-order valence-corrected chi connectivity index (χ2v) is 2.95. The second-order valence-electron chi connectivity index (χ2n) is 2.95. The largest absolute Gasteiger partial charge is 0.242 e. The highest BCUT2D eigenvalue weighted by atomic mass is 14.7. The lowest BCUT2D eigenvalue weighted by molar-refractivity contribution is 1.19. The predicted molar refractivity (Wildman–Crippen MR) is 51.2 cm³/mol. The molecule has 0 aliphatic heterocycles. The molecule has 62 valence electrons. The van der Waals surface area contributed by atoms with Crippen molar-refractivity contribution in [2.24, 2.45) is 0 Å². The van der Waals surface area contributed by atoms with E-state index in [4.69, 9.17) is 5.26 Å². The van der Waals surface area contributed by atoms with E-state index in [1.165, 1.54) is 0 Å². The fourth-order valence-electron chi connectivity index (χ4n) is 1.42. The number of rotatable bonds is 0. The van der Waals surface area contributed by atoms with Crippen LogP contribution >= 0.6 is 0 Å². The molecule has 0 radical (unpaired) electrons. The van der Waals surface area contributed by atoms with Gasteiger partial charge in [-0.05, 0) is 18.4 Å². The molecule has 0 atom stereocenters. The fraction of sp³-hybridized carbons (Fsp3) is 0.0909. The van der Waals surface area contributed by atoms with Crippen LogP contribution in [0.25, 0.3) is 10.8 Å². The first-order valence-electron chi connectivity index (χ1n) is 4.08. The highest BCUT2D eigenvalue weighted by molar-refractivity contribution is 5.86. The molecule has 0 saturated carbocycles. The summed E-state index contributed by atoms with van der Waals surface area (Å²) in [6.07, 6.45) is 0. The zero-order valence-electron chi connectivity index (χ0n) is 7.28. The van der Waals surface area contributed by atoms with Gasteiger partial charge in [0.25, 0.3) is 0 Å². The maximum Gasteiger partial charge on any atom is 0.148 e. The summed E-state index contributed by atoms with van der Waals surface area (Å²) in [5.74, 6) is 0. The van der Waals surface area contributed by atoms with Gasteiger partial charge in [-0.25, -0.2) is 4.98 Å². The third-order valence-electron chi connectivity index (χ3n) is 1.97. The van der Waals surface area contributed by atoms with Crippen LogP contribution in [0.3, 0.4) is 0 Å². The summed E-state index contributed by atoms with van der Waals surface area (Å²) in [7, 11) is 0. The van der Waals surface area contributed by atoms with Gasteiger partial charge in [0.1, 0.15) is 11.8 Å². The number of aryl methyl sites for hydroxylation is 1. The van der Waals surface area contributed by atoms with Crippen molar-refractivity contribution in [3.63, 3.8) is 0 Å². The molecule has 1 aromatic heterocycles. The van der Waals surface area contributed by atoms with Gasteiger partial charge in [-0.1, -0.05) is 24.3 Å². The second kappa shape index (κ2) is 2.87. The molecular formula is C11H8N2. The summed E-state index contributed by atoms with van der Waals surface area (Å²) in [5, 5.41) is 10.8. The minimum atomic E-state index is 0.510. The number of hydrogen-bond donors (Lipinski definition) is 0. The van der Waals surface area contributed by atoms with Crippen molar-refractivity contribution in [2.75, 3.05) is 0 Å². The van der Waals surface area contributed by atoms with Crippen molar-refractivity contribution in [1.82, 2.24) is 4.98 Å². The van der Waals surface area contributed by atoms with E-state index in [2.05, 4.69) is 11.1 Å². The van der Waals surface area contributed by atoms with E-state index >= 15 is 0 Å². The molecule has 0 aliphatic rings. The van der Waals surface area contributed by atoms with Gasteiger partial charge in [-0.2, -0.15) is 5.26 Å². The number of nitriles is 1. The molecule has 0 amide bonds. The molecule has 0 saturated heterocycles. The van der Waals surface area contributed by atoms with Crippen LogP contribution in [0, 0.1) is 18.3 Å². The summed E-state index contributed by atoms with van der Waals surface area (Å²) in [5.41, 5.74) is 1.39. The average Bonchev–Trinajstić information content (AvgIpc) is 2.16. The van der Waals surface area contributed by atoms with E-state index in [0.29, 0.717) is 5.69 Å². The lowest BCUT2D eigenvalue weighted by Gasteiger charge is -1.99. The number of fused-ring (bicyclic) bond motifs is 1. The number of nitrogens with zero attached hydrogens (tertiary/aromatic N) is 2. The number of hydrogen-bond acceptors (Lipinski definition) is 2. The first-order chi connectivity index (χ1) is 6.31. The minimum Gasteiger partial charge on any atom is -0.242 e. The Bertz CT molecular complexity index is 495. The quantitative estimate of drug-likeness (QED) is 0.605. The van der Waals surface area contributed by atoms with Gasteiger partial charge in [0.15, 0.2) is 0 Å². The van der Waals surface area contributed by atoms with Crippen LogP contribution in [0.4, 0.5) is 0 Å². The standard InChI is InChI=1S/C11H8N2/c1-8-6-9-4-2-3-5-10(9)11(7-12)13-8/h2-6H,1H3. The third-order valence-corrected chi connectivity index (χ3v) is 1.97. The van der Waals surface area contributed by atoms with Crippen LogP contribution in [0.5, 0.6) is 0 Å². The molecular weight excluding hydrogens is 160 g/mol. The Morgan fingerprint density at radius 1 is 1.31 bits per heavy atom. The number of aromatic nitrogens is 1. The molecule has 0 fully saturated rings. The van der Waals surface area contributed by atoms with Crippen molar-refractivity contribution < 1.29 is 0 Å². The Balaban J connectivity index is 2.91. The van der Waals surface area contributed by atoms with Gasteiger partial charge in [0, 0.05) is 11.1 Å². The van der Waals surface area contributed by atoms with Gasteiger partial charge in [0.05, 0.1) is 0 Å². The highest BCUT2D eigenvalue weighted by Crippen LogP contribution is 2.16. The SMILES string of the molecule is Cc1cc2ccccc2c(C#N)n1. The molecule has 13 heavy (non-hydrogen) atoms. The summed E-state index contributed by atoms with van der Waals surface area (Å²) in [6.45, 7) is 1.90. The minimum absolute atomic E-state index is 0.510. The smallest absolute Gasteiger partial charge is 0.148 e. The van der Waals surface area contributed by atoms with E-state index in [-0.39, 0.29) is 0 Å². The first kappa shape index (κ1) is 7.75. The van der Waals surface area contributed by atoms with Crippen molar-refractivity contribution in [3.8, 4) is 6.07 Å². The molecule has 2 aromatic rings. The van der Waals surface area contributed by atoms with Gasteiger partial charge < -0.3 is 0 Å². The van der Waals surface area contributed by atoms with Crippen LogP contribution in [-0.4, -0.2) is 4.98 Å². The van der Waals surface area contributed by atoms with E-state index in [9.17, 15) is 0 Å². The monoisotopic (exact) mass is 168 g/mol. The lowest BCUT2D eigenvalue weighted by atomic mass is 10.1. The molecule has 1 heterocycles. The summed E-state index contributed by atoms with van der Waals surface area (Å²) < 4.78 is 0. The van der Waals surface area contributed by atoms with Gasteiger partial charge >= 0.3 is 0 Å². The topological polar surface area (TPSA) is 36.7 Å². The van der Waals surface area contributed by atoms with E-state index < -0.39 is 0 Å². The highest BCUT2D eigenvalue weighted by Gasteiger charge is 2.01. The predicted octanol–water partition coefficient (Wildman–Crippen LogP) is 2.41. The number of pyridine rings is 1. The number of benzene rings is 1. The Hall–Kier alpha value is -1.88. The first-order valence-corrected chi connectivity index (χ1v) is 4.08. The fourth-order valence-corrected chi connectivity index (χ4v) is 1.42. The van der Waals surface area contributed by atoms with Crippen LogP contribution in [0.15, 0.2) is 30.3 Å². The molecule has 0 spiro atoms. The molecule has 1 aromatic carbocycles. The van der Waals surface area contributed by atoms with E-state index in [0.717, 1.165) is 16.5 Å².